The Morgan fingerprint density at radius 3 is 2.58 bits per heavy atom. The van der Waals surface area contributed by atoms with Crippen LogP contribution in [0.2, 0.25) is 0 Å². The first-order valence-corrected chi connectivity index (χ1v) is 10.7. The van der Waals surface area contributed by atoms with Crippen LogP contribution < -0.4 is 15.5 Å². The van der Waals surface area contributed by atoms with Gasteiger partial charge in [0.05, 0.1) is 0 Å². The molecule has 6 nitrogen and oxygen atoms in total. The van der Waals surface area contributed by atoms with Crippen molar-refractivity contribution in [1.29, 1.82) is 0 Å². The molecule has 1 aliphatic rings. The van der Waals surface area contributed by atoms with Gasteiger partial charge in [0, 0.05) is 51.7 Å². The van der Waals surface area contributed by atoms with Crippen molar-refractivity contribution in [3.63, 3.8) is 0 Å². The van der Waals surface area contributed by atoms with Crippen LogP contribution in [-0.2, 0) is 13.1 Å². The molecule has 0 amide bonds. The van der Waals surface area contributed by atoms with Crippen LogP contribution in [0.5, 0.6) is 0 Å². The second-order valence-corrected chi connectivity index (χ2v) is 7.99. The predicted molar refractivity (Wildman–Crippen MR) is 138 cm³/mol. The lowest BCUT2D eigenvalue weighted by molar-refractivity contribution is 0.576. The monoisotopic (exact) mass is 566 g/mol. The van der Waals surface area contributed by atoms with Crippen molar-refractivity contribution in [3.05, 3.63) is 83.4 Å². The van der Waals surface area contributed by atoms with Gasteiger partial charge in [-0.05, 0) is 36.6 Å². The Morgan fingerprint density at radius 1 is 1.15 bits per heavy atom. The minimum Gasteiger partial charge on any atom is -0.365 e. The van der Waals surface area contributed by atoms with Gasteiger partial charge in [-0.15, -0.1) is 24.0 Å². The average molecular weight is 566 g/mol. The Labute approximate surface area is 210 Å². The Morgan fingerprint density at radius 2 is 1.88 bits per heavy atom. The fraction of sp³-hybridized carbons (Fsp3) is 0.333. The van der Waals surface area contributed by atoms with E-state index in [1.54, 1.807) is 18.1 Å². The normalized spacial score (nSPS) is 15.9. The first-order valence-electron chi connectivity index (χ1n) is 10.7. The smallest absolute Gasteiger partial charge is 0.191 e. The van der Waals surface area contributed by atoms with E-state index in [1.807, 2.05) is 19.2 Å². The van der Waals surface area contributed by atoms with Crippen LogP contribution in [0.3, 0.4) is 0 Å². The van der Waals surface area contributed by atoms with Crippen LogP contribution >= 0.6 is 24.0 Å². The largest absolute Gasteiger partial charge is 0.365 e. The summed E-state index contributed by atoms with van der Waals surface area (Å²) in [6.07, 6.45) is 4.55. The lowest BCUT2D eigenvalue weighted by atomic mass is 10.1. The number of hydrogen-bond donors (Lipinski definition) is 2. The van der Waals surface area contributed by atoms with Crippen LogP contribution in [0.1, 0.15) is 23.4 Å². The number of aryl methyl sites for hydroxylation is 1. The van der Waals surface area contributed by atoms with E-state index in [0.717, 1.165) is 24.4 Å². The van der Waals surface area contributed by atoms with Crippen LogP contribution in [-0.4, -0.2) is 41.7 Å². The van der Waals surface area contributed by atoms with Gasteiger partial charge in [0.2, 0.25) is 0 Å². The van der Waals surface area contributed by atoms with E-state index in [4.69, 9.17) is 0 Å². The van der Waals surface area contributed by atoms with Crippen LogP contribution in [0.15, 0.2) is 59.9 Å². The maximum absolute atomic E-state index is 14.1. The van der Waals surface area contributed by atoms with E-state index < -0.39 is 11.6 Å². The Balaban J connectivity index is 0.00000306. The Bertz CT molecular complexity index is 1080. The maximum Gasteiger partial charge on any atom is 0.191 e. The Hall–Kier alpha value is -2.69. The summed E-state index contributed by atoms with van der Waals surface area (Å²) in [5, 5.41) is 6.71. The van der Waals surface area contributed by atoms with Crippen molar-refractivity contribution in [3.8, 4) is 0 Å². The van der Waals surface area contributed by atoms with E-state index in [2.05, 4.69) is 43.4 Å². The number of para-hydroxylation sites is 1. The fourth-order valence-corrected chi connectivity index (χ4v) is 4.05. The highest BCUT2D eigenvalue weighted by Gasteiger charge is 2.27. The van der Waals surface area contributed by atoms with Crippen LogP contribution in [0.25, 0.3) is 0 Å². The first-order chi connectivity index (χ1) is 15.5. The van der Waals surface area contributed by atoms with Crippen molar-refractivity contribution in [2.75, 3.05) is 25.0 Å². The molecule has 0 bridgehead atoms. The van der Waals surface area contributed by atoms with Crippen molar-refractivity contribution >= 4 is 35.6 Å². The number of anilines is 1. The molecule has 1 unspecified atom stereocenters. The predicted octanol–water partition coefficient (Wildman–Crippen LogP) is 4.08. The number of guanidine groups is 1. The summed E-state index contributed by atoms with van der Waals surface area (Å²) in [5.74, 6) is 0.596. The second kappa shape index (κ2) is 11.4. The summed E-state index contributed by atoms with van der Waals surface area (Å²) >= 11 is 0. The summed E-state index contributed by atoms with van der Waals surface area (Å²) in [6, 6.07) is 12.4. The highest BCUT2D eigenvalue weighted by molar-refractivity contribution is 14.0. The van der Waals surface area contributed by atoms with E-state index in [1.165, 1.54) is 23.8 Å². The number of halogens is 3. The number of aromatic nitrogens is 2. The molecule has 1 aliphatic heterocycles. The minimum atomic E-state index is -0.529. The second-order valence-electron chi connectivity index (χ2n) is 7.99. The highest BCUT2D eigenvalue weighted by atomic mass is 127. The molecule has 1 fully saturated rings. The number of rotatable bonds is 6. The molecule has 1 saturated heterocycles. The standard InChI is InChI=1S/C24H28F2N6.HI/c1-17-28-10-12-31(17)15-19-6-3-5-18(13-19)14-29-24(27-2)30-20-9-11-32(16-20)23-21(25)7-4-8-22(23)26;/h3-8,10,12-13,20H,9,11,14-16H2,1-2H3,(H2,27,29,30);1H. The van der Waals surface area contributed by atoms with Gasteiger partial charge in [0.1, 0.15) is 23.1 Å². The van der Waals surface area contributed by atoms with E-state index >= 15 is 0 Å². The SMILES string of the molecule is CN=C(NCc1cccc(Cn2ccnc2C)c1)NC1CCN(c2c(F)cccc2F)C1.I. The molecule has 0 aliphatic carbocycles. The van der Waals surface area contributed by atoms with Crippen molar-refractivity contribution < 1.29 is 8.78 Å². The summed E-state index contributed by atoms with van der Waals surface area (Å²) in [4.78, 5) is 10.3. The molecule has 2 heterocycles. The third-order valence-electron chi connectivity index (χ3n) is 5.73. The lowest BCUT2D eigenvalue weighted by Crippen LogP contribution is -2.44. The highest BCUT2D eigenvalue weighted by Crippen LogP contribution is 2.26. The lowest BCUT2D eigenvalue weighted by Gasteiger charge is -2.21. The zero-order valence-corrected chi connectivity index (χ0v) is 21.1. The average Bonchev–Trinajstić information content (AvgIpc) is 3.40. The molecule has 0 radical (unpaired) electrons. The Kier molecular flexibility index (Phi) is 8.65. The zero-order chi connectivity index (χ0) is 22.5. The summed E-state index contributed by atoms with van der Waals surface area (Å²) < 4.78 is 30.3. The van der Waals surface area contributed by atoms with Crippen LogP contribution in [0, 0.1) is 18.6 Å². The van der Waals surface area contributed by atoms with Gasteiger partial charge in [-0.3, -0.25) is 4.99 Å². The van der Waals surface area contributed by atoms with Gasteiger partial charge in [-0.2, -0.15) is 0 Å². The van der Waals surface area contributed by atoms with Gasteiger partial charge in [-0.25, -0.2) is 13.8 Å². The molecule has 9 heteroatoms. The fourth-order valence-electron chi connectivity index (χ4n) is 4.05. The third-order valence-corrected chi connectivity index (χ3v) is 5.73. The summed E-state index contributed by atoms with van der Waals surface area (Å²) in [5.41, 5.74) is 2.39. The van der Waals surface area contributed by atoms with E-state index in [9.17, 15) is 8.78 Å². The van der Waals surface area contributed by atoms with Gasteiger partial charge in [0.15, 0.2) is 5.96 Å². The van der Waals surface area contributed by atoms with Gasteiger partial charge >= 0.3 is 0 Å². The molecule has 2 aromatic carbocycles. The first kappa shape index (κ1) is 24.9. The molecule has 4 rings (SSSR count). The molecule has 1 atom stereocenters. The third kappa shape index (κ3) is 6.21. The zero-order valence-electron chi connectivity index (χ0n) is 18.8. The van der Waals surface area contributed by atoms with E-state index in [0.29, 0.717) is 25.6 Å². The van der Waals surface area contributed by atoms with Gasteiger partial charge in [-0.1, -0.05) is 30.3 Å². The molecule has 0 spiro atoms. The summed E-state index contributed by atoms with van der Waals surface area (Å²) in [7, 11) is 1.72. The van der Waals surface area contributed by atoms with Crippen molar-refractivity contribution in [1.82, 2.24) is 20.2 Å². The van der Waals surface area contributed by atoms with Gasteiger partial charge < -0.3 is 20.1 Å². The molecular formula is C24H29F2IN6. The molecule has 176 valence electrons. The number of imidazole rings is 1. The number of nitrogens with zero attached hydrogens (tertiary/aromatic N) is 4. The minimum absolute atomic E-state index is 0. The number of hydrogen-bond acceptors (Lipinski definition) is 3. The number of nitrogens with one attached hydrogen (secondary N) is 2. The molecular weight excluding hydrogens is 537 g/mol. The van der Waals surface area contributed by atoms with Crippen molar-refractivity contribution in [2.45, 2.75) is 32.5 Å². The summed E-state index contributed by atoms with van der Waals surface area (Å²) in [6.45, 7) is 4.48. The molecule has 2 N–H and O–H groups in total. The topological polar surface area (TPSA) is 57.5 Å². The number of benzene rings is 2. The maximum atomic E-state index is 14.1. The number of aliphatic imine (C=N–C) groups is 1. The van der Waals surface area contributed by atoms with Crippen molar-refractivity contribution in [2.24, 2.45) is 4.99 Å². The molecule has 33 heavy (non-hydrogen) atoms. The van der Waals surface area contributed by atoms with E-state index in [-0.39, 0.29) is 35.7 Å². The quantitative estimate of drug-likeness (QED) is 0.269. The van der Waals surface area contributed by atoms with Gasteiger partial charge in [0.25, 0.3) is 0 Å². The molecule has 3 aromatic rings. The molecule has 0 saturated carbocycles. The molecule has 1 aromatic heterocycles. The van der Waals surface area contributed by atoms with Crippen LogP contribution in [0.4, 0.5) is 14.5 Å².